The molecule has 2 aromatic rings. The molecule has 2 aliphatic heterocycles. The van der Waals surface area contributed by atoms with Crippen molar-refractivity contribution in [1.82, 2.24) is 0 Å². The standard InChI is InChI=1S/C19H18O7S2/c1-27(21)11-3-5-13-15(7-11)23-9-17(25-13)19(20)18-10-24-16-8-12(28(2)22)4-6-14(16)26-18/h3-8,17-18H,9-10H2,1-2H3. The number of carbonyl (C=O) groups is 1. The minimum absolute atomic E-state index is 0.0338. The first-order chi connectivity index (χ1) is 13.4. The van der Waals surface area contributed by atoms with Crippen LogP contribution in [0.2, 0.25) is 0 Å². The highest BCUT2D eigenvalue weighted by Crippen LogP contribution is 2.36. The van der Waals surface area contributed by atoms with Crippen LogP contribution < -0.4 is 18.9 Å². The lowest BCUT2D eigenvalue weighted by Gasteiger charge is -2.31. The number of carbonyl (C=O) groups excluding carboxylic acids is 1. The molecule has 4 unspecified atom stereocenters. The Morgan fingerprint density at radius 2 is 1.21 bits per heavy atom. The Kier molecular flexibility index (Phi) is 5.11. The van der Waals surface area contributed by atoms with Crippen molar-refractivity contribution in [3.8, 4) is 23.0 Å². The second-order valence-corrected chi connectivity index (χ2v) is 9.12. The van der Waals surface area contributed by atoms with Gasteiger partial charge in [0.15, 0.2) is 35.2 Å². The number of Topliss-reactive ketones (excluding diaryl/α,β-unsaturated/α-hetero) is 1. The highest BCUT2D eigenvalue weighted by molar-refractivity contribution is 7.84. The minimum Gasteiger partial charge on any atom is -0.485 e. The first kappa shape index (κ1) is 18.9. The Balaban J connectivity index is 1.47. The van der Waals surface area contributed by atoms with Crippen molar-refractivity contribution >= 4 is 27.4 Å². The van der Waals surface area contributed by atoms with E-state index in [2.05, 4.69) is 0 Å². The van der Waals surface area contributed by atoms with E-state index in [0.29, 0.717) is 32.8 Å². The molecule has 2 heterocycles. The highest BCUT2D eigenvalue weighted by Gasteiger charge is 2.37. The Bertz CT molecular complexity index is 911. The summed E-state index contributed by atoms with van der Waals surface area (Å²) in [4.78, 5) is 14.1. The molecule has 0 spiro atoms. The van der Waals surface area contributed by atoms with Crippen LogP contribution in [-0.4, -0.2) is 52.1 Å². The van der Waals surface area contributed by atoms with E-state index in [1.54, 1.807) is 48.9 Å². The quantitative estimate of drug-likeness (QED) is 0.741. The lowest BCUT2D eigenvalue weighted by molar-refractivity contribution is -0.137. The molecule has 4 rings (SSSR count). The summed E-state index contributed by atoms with van der Waals surface area (Å²) in [5.41, 5.74) is 0. The molecule has 0 saturated carbocycles. The number of benzene rings is 2. The van der Waals surface area contributed by atoms with E-state index in [4.69, 9.17) is 18.9 Å². The average molecular weight is 422 g/mol. The molecule has 0 amide bonds. The second-order valence-electron chi connectivity index (χ2n) is 6.36. The van der Waals surface area contributed by atoms with Crippen molar-refractivity contribution in [2.24, 2.45) is 0 Å². The molecule has 2 aromatic carbocycles. The van der Waals surface area contributed by atoms with Crippen LogP contribution in [0.25, 0.3) is 0 Å². The minimum atomic E-state index is -1.13. The molecule has 0 bridgehead atoms. The van der Waals surface area contributed by atoms with E-state index in [1.165, 1.54) is 0 Å². The average Bonchev–Trinajstić information content (AvgIpc) is 2.71. The van der Waals surface area contributed by atoms with E-state index < -0.39 is 33.8 Å². The zero-order valence-electron chi connectivity index (χ0n) is 15.2. The summed E-state index contributed by atoms with van der Waals surface area (Å²) >= 11 is 0. The Morgan fingerprint density at radius 3 is 1.61 bits per heavy atom. The maximum atomic E-state index is 12.8. The van der Waals surface area contributed by atoms with Gasteiger partial charge < -0.3 is 18.9 Å². The van der Waals surface area contributed by atoms with Gasteiger partial charge in [-0.15, -0.1) is 0 Å². The molecule has 0 saturated heterocycles. The lowest BCUT2D eigenvalue weighted by atomic mass is 10.1. The van der Waals surface area contributed by atoms with Crippen LogP contribution in [0.5, 0.6) is 23.0 Å². The van der Waals surface area contributed by atoms with Crippen molar-refractivity contribution in [2.75, 3.05) is 25.7 Å². The molecule has 2 aliphatic rings. The van der Waals surface area contributed by atoms with E-state index >= 15 is 0 Å². The first-order valence-electron chi connectivity index (χ1n) is 8.50. The van der Waals surface area contributed by atoms with Crippen molar-refractivity contribution in [1.29, 1.82) is 0 Å². The molecule has 148 valence electrons. The third kappa shape index (κ3) is 3.64. The number of rotatable bonds is 4. The Labute approximate surface area is 166 Å². The fourth-order valence-electron chi connectivity index (χ4n) is 2.95. The monoisotopic (exact) mass is 422 g/mol. The lowest BCUT2D eigenvalue weighted by Crippen LogP contribution is -2.48. The normalized spacial score (nSPS) is 22.2. The van der Waals surface area contributed by atoms with E-state index in [1.807, 2.05) is 0 Å². The summed E-state index contributed by atoms with van der Waals surface area (Å²) in [6, 6.07) is 9.94. The summed E-state index contributed by atoms with van der Waals surface area (Å²) in [6.07, 6.45) is 1.50. The zero-order valence-corrected chi connectivity index (χ0v) is 16.8. The predicted octanol–water partition coefficient (Wildman–Crippen LogP) is 1.71. The van der Waals surface area contributed by atoms with Crippen LogP contribution >= 0.6 is 0 Å². The van der Waals surface area contributed by atoms with Crippen LogP contribution in [-0.2, 0) is 26.4 Å². The Hall–Kier alpha value is -2.39. The molecule has 0 radical (unpaired) electrons. The van der Waals surface area contributed by atoms with Crippen LogP contribution in [0.3, 0.4) is 0 Å². The number of hydrogen-bond acceptors (Lipinski definition) is 7. The topological polar surface area (TPSA) is 88.1 Å². The maximum Gasteiger partial charge on any atom is 0.220 e. The SMILES string of the molecule is CS(=O)c1ccc2c(c1)OCC(C(=O)C1COc3cc(S(C)=O)ccc3O1)O2. The van der Waals surface area contributed by atoms with Gasteiger partial charge in [-0.05, 0) is 24.3 Å². The number of hydrogen-bond donors (Lipinski definition) is 0. The molecule has 9 heteroatoms. The summed E-state index contributed by atoms with van der Waals surface area (Å²) in [6.45, 7) is 0.0677. The third-order valence-electron chi connectivity index (χ3n) is 4.45. The van der Waals surface area contributed by atoms with Crippen LogP contribution in [0.1, 0.15) is 0 Å². The molecular formula is C19H18O7S2. The Morgan fingerprint density at radius 1 is 0.786 bits per heavy atom. The number of ketones is 1. The van der Waals surface area contributed by atoms with Gasteiger partial charge in [0.05, 0.1) is 0 Å². The van der Waals surface area contributed by atoms with Gasteiger partial charge in [0.1, 0.15) is 13.2 Å². The summed E-state index contributed by atoms with van der Waals surface area (Å²) in [7, 11) is -2.26. The first-order valence-corrected chi connectivity index (χ1v) is 11.6. The van der Waals surface area contributed by atoms with E-state index in [0.717, 1.165) is 0 Å². The molecule has 0 fully saturated rings. The van der Waals surface area contributed by atoms with Crippen molar-refractivity contribution in [2.45, 2.75) is 22.0 Å². The number of ether oxygens (including phenoxy) is 4. The van der Waals surface area contributed by atoms with Gasteiger partial charge in [-0.1, -0.05) is 0 Å². The molecule has 7 nitrogen and oxygen atoms in total. The molecule has 4 atom stereocenters. The predicted molar refractivity (Wildman–Crippen MR) is 102 cm³/mol. The summed E-state index contributed by atoms with van der Waals surface area (Å²) in [5.74, 6) is 1.48. The van der Waals surface area contributed by atoms with E-state index in [-0.39, 0.29) is 19.0 Å². The molecular weight excluding hydrogens is 404 g/mol. The number of fused-ring (bicyclic) bond motifs is 2. The fraction of sp³-hybridized carbons (Fsp3) is 0.316. The van der Waals surface area contributed by atoms with Crippen LogP contribution in [0, 0.1) is 0 Å². The van der Waals surface area contributed by atoms with Crippen molar-refractivity contribution in [3.05, 3.63) is 36.4 Å². The third-order valence-corrected chi connectivity index (χ3v) is 6.28. The second kappa shape index (κ2) is 7.56. The highest BCUT2D eigenvalue weighted by atomic mass is 32.2. The molecule has 0 N–H and O–H groups in total. The van der Waals surface area contributed by atoms with Gasteiger partial charge in [0.25, 0.3) is 0 Å². The van der Waals surface area contributed by atoms with Gasteiger partial charge in [-0.25, -0.2) is 0 Å². The van der Waals surface area contributed by atoms with Gasteiger partial charge in [-0.2, -0.15) is 0 Å². The largest absolute Gasteiger partial charge is 0.485 e. The van der Waals surface area contributed by atoms with Crippen LogP contribution in [0.4, 0.5) is 0 Å². The molecule has 28 heavy (non-hydrogen) atoms. The molecule has 0 aromatic heterocycles. The van der Waals surface area contributed by atoms with Crippen molar-refractivity contribution in [3.63, 3.8) is 0 Å². The molecule has 0 aliphatic carbocycles. The van der Waals surface area contributed by atoms with Gasteiger partial charge >= 0.3 is 0 Å². The zero-order chi connectivity index (χ0) is 19.8. The van der Waals surface area contributed by atoms with Gasteiger partial charge in [0, 0.05) is 56.0 Å². The smallest absolute Gasteiger partial charge is 0.220 e. The van der Waals surface area contributed by atoms with E-state index in [9.17, 15) is 13.2 Å². The van der Waals surface area contributed by atoms with Crippen LogP contribution in [0.15, 0.2) is 46.2 Å². The summed E-state index contributed by atoms with van der Waals surface area (Å²) < 4.78 is 46.0. The summed E-state index contributed by atoms with van der Waals surface area (Å²) in [5, 5.41) is 0. The maximum absolute atomic E-state index is 12.8. The van der Waals surface area contributed by atoms with Crippen molar-refractivity contribution < 1.29 is 32.2 Å². The van der Waals surface area contributed by atoms with Gasteiger partial charge in [0.2, 0.25) is 5.78 Å². The fourth-order valence-corrected chi connectivity index (χ4v) is 4.01. The van der Waals surface area contributed by atoms with Gasteiger partial charge in [-0.3, -0.25) is 13.2 Å².